The lowest BCUT2D eigenvalue weighted by molar-refractivity contribution is 1.29. The minimum Gasteiger partial charge on any atom is -0.310 e. The van der Waals surface area contributed by atoms with E-state index in [9.17, 15) is 0 Å². The fraction of sp³-hybridized carbons (Fsp3) is 0. The summed E-state index contributed by atoms with van der Waals surface area (Å²) in [6, 6.07) is 68.8. The van der Waals surface area contributed by atoms with E-state index in [1.165, 1.54) is 74.7 Å². The van der Waals surface area contributed by atoms with E-state index >= 15 is 0 Å². The lowest BCUT2D eigenvalue weighted by Crippen LogP contribution is -2.09. The molecule has 0 fully saturated rings. The van der Waals surface area contributed by atoms with Crippen LogP contribution in [0.15, 0.2) is 188 Å². The van der Waals surface area contributed by atoms with Gasteiger partial charge in [0.25, 0.3) is 0 Å². The predicted octanol–water partition coefficient (Wildman–Crippen LogP) is 14.3. The average molecular weight is 654 g/mol. The van der Waals surface area contributed by atoms with Gasteiger partial charge in [-0.1, -0.05) is 127 Å². The Bertz CT molecular complexity index is 2860. The number of thiophene rings is 1. The van der Waals surface area contributed by atoms with Crippen LogP contribution in [0.1, 0.15) is 0 Å². The monoisotopic (exact) mass is 653 g/mol. The number of hydrogen-bond acceptors (Lipinski definition) is 2. The normalized spacial score (nSPS) is 11.6. The fourth-order valence-electron chi connectivity index (χ4n) is 7.46. The molecule has 50 heavy (non-hydrogen) atoms. The quantitative estimate of drug-likeness (QED) is 0.167. The lowest BCUT2D eigenvalue weighted by atomic mass is 9.99. The lowest BCUT2D eigenvalue weighted by Gasteiger charge is -2.26. The molecule has 1 nitrogen and oxygen atoms in total. The molecular weight excluding hydrogens is 623 g/mol. The van der Waals surface area contributed by atoms with Gasteiger partial charge in [0, 0.05) is 37.2 Å². The third-order valence-electron chi connectivity index (χ3n) is 10.0. The first kappa shape index (κ1) is 28.8. The molecule has 9 aromatic carbocycles. The molecule has 0 bridgehead atoms. The topological polar surface area (TPSA) is 3.24 Å². The Morgan fingerprint density at radius 3 is 1.54 bits per heavy atom. The van der Waals surface area contributed by atoms with E-state index < -0.39 is 0 Å². The molecule has 1 heterocycles. The summed E-state index contributed by atoms with van der Waals surface area (Å²) in [5.74, 6) is 0. The highest BCUT2D eigenvalue weighted by atomic mass is 32.1. The molecule has 0 aliphatic heterocycles. The van der Waals surface area contributed by atoms with Gasteiger partial charge in [0.15, 0.2) is 0 Å². The molecule has 0 radical (unpaired) electrons. The van der Waals surface area contributed by atoms with Crippen molar-refractivity contribution in [2.45, 2.75) is 0 Å². The first-order valence-electron chi connectivity index (χ1n) is 17.1. The van der Waals surface area contributed by atoms with Crippen molar-refractivity contribution in [3.8, 4) is 22.3 Å². The Morgan fingerprint density at radius 1 is 0.280 bits per heavy atom. The van der Waals surface area contributed by atoms with Gasteiger partial charge in [0.1, 0.15) is 0 Å². The van der Waals surface area contributed by atoms with E-state index in [0.29, 0.717) is 0 Å². The Morgan fingerprint density at radius 2 is 0.780 bits per heavy atom. The number of anilines is 3. The fourth-order valence-corrected chi connectivity index (χ4v) is 8.54. The Balaban J connectivity index is 1.08. The summed E-state index contributed by atoms with van der Waals surface area (Å²) < 4.78 is 2.66. The van der Waals surface area contributed by atoms with Gasteiger partial charge in [-0.2, -0.15) is 0 Å². The van der Waals surface area contributed by atoms with Crippen LogP contribution in [0, 0.1) is 0 Å². The highest BCUT2D eigenvalue weighted by molar-refractivity contribution is 7.25. The summed E-state index contributed by atoms with van der Waals surface area (Å²) >= 11 is 1.86. The largest absolute Gasteiger partial charge is 0.310 e. The molecule has 234 valence electrons. The highest BCUT2D eigenvalue weighted by Gasteiger charge is 2.15. The standard InChI is InChI=1S/C48H31NS/c1-2-9-37-29-38(16-13-32(37)7-1)33-17-23-40(24-18-33)49(42-27-21-36-15-14-35-8-3-4-10-43(35)45(36)31-42)41-25-19-34(20-26-41)39-22-28-48-46(30-39)44-11-5-6-12-47(44)50-48/h1-31H. The van der Waals surface area contributed by atoms with E-state index in [1.807, 2.05) is 11.3 Å². The number of rotatable bonds is 5. The van der Waals surface area contributed by atoms with Gasteiger partial charge in [0.2, 0.25) is 0 Å². The van der Waals surface area contributed by atoms with Crippen molar-refractivity contribution in [1.82, 2.24) is 0 Å². The summed E-state index contributed by atoms with van der Waals surface area (Å²) in [6.45, 7) is 0. The summed E-state index contributed by atoms with van der Waals surface area (Å²) in [5.41, 5.74) is 8.24. The summed E-state index contributed by atoms with van der Waals surface area (Å²) in [7, 11) is 0. The predicted molar refractivity (Wildman–Crippen MR) is 217 cm³/mol. The summed E-state index contributed by atoms with van der Waals surface area (Å²) in [6.07, 6.45) is 0. The molecule has 2 heteroatoms. The minimum atomic E-state index is 1.12. The van der Waals surface area contributed by atoms with Crippen molar-refractivity contribution in [2.75, 3.05) is 4.90 Å². The third-order valence-corrected chi connectivity index (χ3v) is 11.2. The Hall–Kier alpha value is -6.22. The van der Waals surface area contributed by atoms with Crippen molar-refractivity contribution in [1.29, 1.82) is 0 Å². The molecule has 0 saturated carbocycles. The zero-order chi connectivity index (χ0) is 33.0. The van der Waals surface area contributed by atoms with E-state index in [1.54, 1.807) is 0 Å². The summed E-state index contributed by atoms with van der Waals surface area (Å²) in [4.78, 5) is 2.38. The second kappa shape index (κ2) is 11.7. The molecule has 0 aliphatic rings. The molecule has 0 amide bonds. The first-order chi connectivity index (χ1) is 24.7. The third kappa shape index (κ3) is 4.92. The van der Waals surface area contributed by atoms with Gasteiger partial charge >= 0.3 is 0 Å². The van der Waals surface area contributed by atoms with Crippen LogP contribution in [0.4, 0.5) is 17.1 Å². The molecular formula is C48H31NS. The zero-order valence-electron chi connectivity index (χ0n) is 27.3. The highest BCUT2D eigenvalue weighted by Crippen LogP contribution is 2.41. The van der Waals surface area contributed by atoms with Gasteiger partial charge in [-0.3, -0.25) is 0 Å². The minimum absolute atomic E-state index is 1.12. The van der Waals surface area contributed by atoms with Crippen LogP contribution in [0.2, 0.25) is 0 Å². The van der Waals surface area contributed by atoms with E-state index in [0.717, 1.165) is 17.1 Å². The molecule has 0 atom stereocenters. The van der Waals surface area contributed by atoms with Crippen LogP contribution >= 0.6 is 11.3 Å². The van der Waals surface area contributed by atoms with Crippen molar-refractivity contribution in [2.24, 2.45) is 0 Å². The Labute approximate surface area is 294 Å². The zero-order valence-corrected chi connectivity index (χ0v) is 28.1. The van der Waals surface area contributed by atoms with Gasteiger partial charge in [0.05, 0.1) is 0 Å². The van der Waals surface area contributed by atoms with Crippen LogP contribution in [0.25, 0.3) is 74.7 Å². The molecule has 10 rings (SSSR count). The number of fused-ring (bicyclic) bond motifs is 7. The van der Waals surface area contributed by atoms with Crippen molar-refractivity contribution in [3.63, 3.8) is 0 Å². The van der Waals surface area contributed by atoms with Crippen LogP contribution in [-0.4, -0.2) is 0 Å². The van der Waals surface area contributed by atoms with Gasteiger partial charge in [-0.15, -0.1) is 11.3 Å². The number of benzene rings is 9. The van der Waals surface area contributed by atoms with E-state index in [-0.39, 0.29) is 0 Å². The van der Waals surface area contributed by atoms with Crippen LogP contribution in [0.5, 0.6) is 0 Å². The molecule has 0 unspecified atom stereocenters. The van der Waals surface area contributed by atoms with Crippen LogP contribution < -0.4 is 4.90 Å². The average Bonchev–Trinajstić information content (AvgIpc) is 3.56. The second-order valence-electron chi connectivity index (χ2n) is 13.0. The molecule has 10 aromatic rings. The summed E-state index contributed by atoms with van der Waals surface area (Å²) in [5, 5.41) is 10.2. The second-order valence-corrected chi connectivity index (χ2v) is 14.1. The number of nitrogens with zero attached hydrogens (tertiary/aromatic N) is 1. The number of hydrogen-bond donors (Lipinski definition) is 0. The van der Waals surface area contributed by atoms with Crippen molar-refractivity contribution >= 4 is 80.9 Å². The molecule has 0 aliphatic carbocycles. The van der Waals surface area contributed by atoms with Gasteiger partial charge in [-0.05, 0) is 115 Å². The van der Waals surface area contributed by atoms with Gasteiger partial charge in [-0.25, -0.2) is 0 Å². The molecule has 1 aromatic heterocycles. The molecule has 0 N–H and O–H groups in total. The van der Waals surface area contributed by atoms with Crippen molar-refractivity contribution < 1.29 is 0 Å². The van der Waals surface area contributed by atoms with Gasteiger partial charge < -0.3 is 4.90 Å². The van der Waals surface area contributed by atoms with E-state index in [4.69, 9.17) is 0 Å². The van der Waals surface area contributed by atoms with E-state index in [2.05, 4.69) is 193 Å². The van der Waals surface area contributed by atoms with Crippen LogP contribution in [0.3, 0.4) is 0 Å². The maximum absolute atomic E-state index is 2.38. The molecule has 0 spiro atoms. The molecule has 0 saturated heterocycles. The maximum atomic E-state index is 2.38. The SMILES string of the molecule is c1ccc2cc(-c3ccc(N(c4ccc(-c5ccc6sc7ccccc7c6c5)cc4)c4ccc5ccc6ccccc6c5c4)cc3)ccc2c1. The first-order valence-corrected chi connectivity index (χ1v) is 17.9. The van der Waals surface area contributed by atoms with Crippen molar-refractivity contribution in [3.05, 3.63) is 188 Å². The van der Waals surface area contributed by atoms with Crippen LogP contribution in [-0.2, 0) is 0 Å². The smallest absolute Gasteiger partial charge is 0.0468 e. The maximum Gasteiger partial charge on any atom is 0.0468 e. The Kier molecular flexibility index (Phi) is 6.75.